The van der Waals surface area contributed by atoms with Gasteiger partial charge in [0.2, 0.25) is 0 Å². The van der Waals surface area contributed by atoms with Crippen LogP contribution in [-0.2, 0) is 14.3 Å². The predicted molar refractivity (Wildman–Crippen MR) is 98.4 cm³/mol. The number of aliphatic carboxylic acids is 1. The van der Waals surface area contributed by atoms with Gasteiger partial charge in [0.1, 0.15) is 6.10 Å². The van der Waals surface area contributed by atoms with Crippen LogP contribution in [0.5, 0.6) is 0 Å². The lowest BCUT2D eigenvalue weighted by atomic mass is 9.87. The molecule has 1 aliphatic rings. The highest BCUT2D eigenvalue weighted by Gasteiger charge is 2.35. The minimum Gasteiger partial charge on any atom is -0.481 e. The van der Waals surface area contributed by atoms with E-state index >= 15 is 0 Å². The maximum absolute atomic E-state index is 11.6. The summed E-state index contributed by atoms with van der Waals surface area (Å²) < 4.78 is 5.33. The molecule has 146 valence electrons. The van der Waals surface area contributed by atoms with Gasteiger partial charge in [-0.25, -0.2) is 0 Å². The number of carbonyl (C=O) groups excluding carboxylic acids is 1. The van der Waals surface area contributed by atoms with Crippen LogP contribution in [0.3, 0.4) is 0 Å². The molecular formula is C20H30O6. The summed E-state index contributed by atoms with van der Waals surface area (Å²) in [5.41, 5.74) is 0. The first-order valence-corrected chi connectivity index (χ1v) is 9.19. The number of aliphatic hydroxyl groups excluding tert-OH is 2. The van der Waals surface area contributed by atoms with E-state index in [0.29, 0.717) is 25.7 Å². The first kappa shape index (κ1) is 22.1. The van der Waals surface area contributed by atoms with Crippen molar-refractivity contribution >= 4 is 11.9 Å². The molecule has 0 aromatic heterocycles. The topological polar surface area (TPSA) is 104 Å². The third-order valence-electron chi connectivity index (χ3n) is 4.20. The van der Waals surface area contributed by atoms with Gasteiger partial charge in [-0.2, -0.15) is 0 Å². The fourth-order valence-electron chi connectivity index (χ4n) is 2.76. The summed E-state index contributed by atoms with van der Waals surface area (Å²) in [6.45, 7) is 2.02. The van der Waals surface area contributed by atoms with Crippen molar-refractivity contribution in [1.82, 2.24) is 0 Å². The van der Waals surface area contributed by atoms with Gasteiger partial charge in [0.05, 0.1) is 18.6 Å². The van der Waals surface area contributed by atoms with Gasteiger partial charge in [-0.3, -0.25) is 9.59 Å². The van der Waals surface area contributed by atoms with Crippen molar-refractivity contribution in [2.75, 3.05) is 0 Å². The average molecular weight is 366 g/mol. The Hall–Kier alpha value is -1.92. The van der Waals surface area contributed by atoms with E-state index in [4.69, 9.17) is 9.84 Å². The molecular weight excluding hydrogens is 336 g/mol. The molecule has 26 heavy (non-hydrogen) atoms. The number of hydrogen-bond acceptors (Lipinski definition) is 5. The molecule has 0 bridgehead atoms. The molecule has 1 fully saturated rings. The molecule has 6 heteroatoms. The molecule has 0 aromatic rings. The second-order valence-corrected chi connectivity index (χ2v) is 6.45. The van der Waals surface area contributed by atoms with E-state index in [9.17, 15) is 19.8 Å². The van der Waals surface area contributed by atoms with E-state index in [2.05, 4.69) is 0 Å². The molecule has 0 saturated carbocycles. The number of esters is 1. The van der Waals surface area contributed by atoms with E-state index in [0.717, 1.165) is 6.42 Å². The van der Waals surface area contributed by atoms with Crippen LogP contribution >= 0.6 is 0 Å². The molecule has 0 aromatic carbocycles. The molecule has 1 heterocycles. The van der Waals surface area contributed by atoms with Crippen molar-refractivity contribution in [2.24, 2.45) is 5.92 Å². The van der Waals surface area contributed by atoms with Crippen LogP contribution in [-0.4, -0.2) is 45.6 Å². The van der Waals surface area contributed by atoms with Gasteiger partial charge in [0.25, 0.3) is 0 Å². The average Bonchev–Trinajstić information content (AvgIpc) is 2.57. The monoisotopic (exact) mass is 366 g/mol. The number of rotatable bonds is 11. The Kier molecular flexibility index (Phi) is 10.6. The normalized spacial score (nSPS) is 25.2. The molecule has 6 nitrogen and oxygen atoms in total. The van der Waals surface area contributed by atoms with Gasteiger partial charge < -0.3 is 20.1 Å². The van der Waals surface area contributed by atoms with Crippen LogP contribution in [0.2, 0.25) is 0 Å². The first-order valence-electron chi connectivity index (χ1n) is 9.19. The highest BCUT2D eigenvalue weighted by molar-refractivity contribution is 5.71. The SMILES string of the molecule is CC/C=C\C[C@H](O)/C=C/[C@H]1OC(=O)C[C@@H](O)[C@@H]1C/C=C\CCCC(=O)O. The zero-order chi connectivity index (χ0) is 19.4. The number of carbonyl (C=O) groups is 2. The molecule has 4 atom stereocenters. The van der Waals surface area contributed by atoms with Crippen LogP contribution < -0.4 is 0 Å². The predicted octanol–water partition coefficient (Wildman–Crippen LogP) is 2.75. The maximum atomic E-state index is 11.6. The molecule has 0 spiro atoms. The maximum Gasteiger partial charge on any atom is 0.309 e. The highest BCUT2D eigenvalue weighted by atomic mass is 16.5. The largest absolute Gasteiger partial charge is 0.481 e. The van der Waals surface area contributed by atoms with Crippen molar-refractivity contribution in [1.29, 1.82) is 0 Å². The number of carboxylic acids is 1. The Morgan fingerprint density at radius 1 is 1.31 bits per heavy atom. The smallest absolute Gasteiger partial charge is 0.309 e. The first-order chi connectivity index (χ1) is 12.4. The van der Waals surface area contributed by atoms with E-state index in [1.807, 2.05) is 31.2 Å². The van der Waals surface area contributed by atoms with Crippen molar-refractivity contribution in [3.05, 3.63) is 36.5 Å². The third kappa shape index (κ3) is 8.97. The highest BCUT2D eigenvalue weighted by Crippen LogP contribution is 2.27. The van der Waals surface area contributed by atoms with Crippen LogP contribution in [0.4, 0.5) is 0 Å². The standard InChI is InChI=1S/C20H30O6/c1-2-3-6-9-15(21)12-13-18-16(17(22)14-20(25)26-18)10-7-4-5-8-11-19(23)24/h3-4,6-7,12-13,15-18,21-22H,2,5,8-11,14H2,1H3,(H,23,24)/b6-3-,7-4-,13-12+/t15-,16-,17+,18+/m0/s1. The Morgan fingerprint density at radius 3 is 2.77 bits per heavy atom. The number of aliphatic hydroxyl groups is 2. The molecule has 0 radical (unpaired) electrons. The zero-order valence-electron chi connectivity index (χ0n) is 15.3. The number of unbranched alkanes of at least 4 members (excludes halogenated alkanes) is 1. The molecule has 0 amide bonds. The lowest BCUT2D eigenvalue weighted by Gasteiger charge is -2.32. The van der Waals surface area contributed by atoms with E-state index in [1.165, 1.54) is 0 Å². The van der Waals surface area contributed by atoms with Crippen molar-refractivity contribution in [3.8, 4) is 0 Å². The summed E-state index contributed by atoms with van der Waals surface area (Å²) in [5, 5.41) is 28.7. The summed E-state index contributed by atoms with van der Waals surface area (Å²) in [6.07, 6.45) is 12.1. The lowest BCUT2D eigenvalue weighted by molar-refractivity contribution is -0.163. The van der Waals surface area contributed by atoms with Gasteiger partial charge in [0.15, 0.2) is 0 Å². The molecule has 3 N–H and O–H groups in total. The molecule has 1 rings (SSSR count). The number of cyclic esters (lactones) is 1. The Balaban J connectivity index is 2.58. The number of carboxylic acid groups (broad SMARTS) is 1. The lowest BCUT2D eigenvalue weighted by Crippen LogP contribution is -2.41. The fourth-order valence-corrected chi connectivity index (χ4v) is 2.76. The van der Waals surface area contributed by atoms with Crippen LogP contribution in [0.15, 0.2) is 36.5 Å². The van der Waals surface area contributed by atoms with Gasteiger partial charge in [-0.1, -0.05) is 37.3 Å². The van der Waals surface area contributed by atoms with E-state index in [1.54, 1.807) is 12.2 Å². The van der Waals surface area contributed by atoms with Crippen molar-refractivity contribution < 1.29 is 29.6 Å². The second kappa shape index (κ2) is 12.4. The van der Waals surface area contributed by atoms with Gasteiger partial charge in [-0.15, -0.1) is 0 Å². The summed E-state index contributed by atoms with van der Waals surface area (Å²) in [4.78, 5) is 22.1. The van der Waals surface area contributed by atoms with Crippen molar-refractivity contribution in [2.45, 2.75) is 70.2 Å². The minimum atomic E-state index is -0.814. The summed E-state index contributed by atoms with van der Waals surface area (Å²) in [5.74, 6) is -1.54. The molecule has 0 unspecified atom stereocenters. The molecule has 1 aliphatic heterocycles. The van der Waals surface area contributed by atoms with E-state index < -0.39 is 30.3 Å². The summed E-state index contributed by atoms with van der Waals surface area (Å²) >= 11 is 0. The quantitative estimate of drug-likeness (QED) is 0.295. The summed E-state index contributed by atoms with van der Waals surface area (Å²) in [6, 6.07) is 0. The fraction of sp³-hybridized carbons (Fsp3) is 0.600. The third-order valence-corrected chi connectivity index (χ3v) is 4.20. The molecule has 1 saturated heterocycles. The number of ether oxygens (including phenoxy) is 1. The van der Waals surface area contributed by atoms with Gasteiger partial charge in [-0.05, 0) is 38.2 Å². The second-order valence-electron chi connectivity index (χ2n) is 6.45. The van der Waals surface area contributed by atoms with Gasteiger partial charge >= 0.3 is 11.9 Å². The molecule has 0 aliphatic carbocycles. The van der Waals surface area contributed by atoms with Crippen molar-refractivity contribution in [3.63, 3.8) is 0 Å². The number of allylic oxidation sites excluding steroid dienone is 3. The van der Waals surface area contributed by atoms with Crippen LogP contribution in [0.25, 0.3) is 0 Å². The zero-order valence-corrected chi connectivity index (χ0v) is 15.3. The van der Waals surface area contributed by atoms with Gasteiger partial charge in [0, 0.05) is 12.3 Å². The Labute approximate surface area is 154 Å². The number of hydrogen-bond donors (Lipinski definition) is 3. The van der Waals surface area contributed by atoms with E-state index in [-0.39, 0.29) is 18.8 Å². The van der Waals surface area contributed by atoms with Crippen LogP contribution in [0, 0.1) is 5.92 Å². The minimum absolute atomic E-state index is 0.0380. The Bertz CT molecular complexity index is 522. The van der Waals surface area contributed by atoms with Crippen LogP contribution in [0.1, 0.15) is 51.9 Å². The summed E-state index contributed by atoms with van der Waals surface area (Å²) in [7, 11) is 0. The Morgan fingerprint density at radius 2 is 2.08 bits per heavy atom.